The first-order valence-electron chi connectivity index (χ1n) is 22.0. The number of rotatable bonds is 9. The molecule has 9 aromatic carbocycles. The van der Waals surface area contributed by atoms with E-state index in [2.05, 4.69) is 237 Å². The summed E-state index contributed by atoms with van der Waals surface area (Å²) in [6, 6.07) is 80.3. The topological polar surface area (TPSA) is 36.8 Å². The second-order valence-electron chi connectivity index (χ2n) is 16.7. The summed E-state index contributed by atoms with van der Waals surface area (Å²) in [7, 11) is 0. The molecule has 1 aliphatic heterocycles. The van der Waals surface area contributed by atoms with E-state index >= 15 is 0 Å². The molecule has 0 saturated carbocycles. The smallest absolute Gasteiger partial charge is 0.169 e. The quantitative estimate of drug-likeness (QED) is 0.155. The first-order valence-corrected chi connectivity index (χ1v) is 22.0. The molecule has 0 aromatic heterocycles. The predicted octanol–water partition coefficient (Wildman–Crippen LogP) is 14.8. The molecule has 1 unspecified atom stereocenters. The average Bonchev–Trinajstić information content (AvgIpc) is 3.65. The zero-order valence-corrected chi connectivity index (χ0v) is 35.6. The first kappa shape index (κ1) is 38.8. The lowest BCUT2D eigenvalue weighted by molar-refractivity contribution is 0.716. The van der Waals surface area contributed by atoms with Gasteiger partial charge in [-0.1, -0.05) is 213 Å². The molecule has 0 amide bonds. The molecule has 3 nitrogen and oxygen atoms in total. The zero-order chi connectivity index (χ0) is 43.0. The maximum atomic E-state index is 5.34. The summed E-state index contributed by atoms with van der Waals surface area (Å²) >= 11 is 0. The van der Waals surface area contributed by atoms with Crippen molar-refractivity contribution < 1.29 is 0 Å². The molecule has 0 bridgehead atoms. The standard InChI is InChI=1S/C61H45N3/c1-3-41-31-36-47(40-54(41)53-27-15-18-30-57(53)61(2)55-28-16-13-25-51(55)52-26-14-17-29-56(52)61)44-32-34-46(35-33-44)59-62-58(45-23-11-6-12-24-45)63-60(64-59)50-38-48(42-19-7-4-8-20-42)37-49(39-50)43-21-9-5-10-22-43/h3-40,60H,1H2,2H3,(H,62,63,64). The van der Waals surface area contributed by atoms with Crippen molar-refractivity contribution in [2.45, 2.75) is 18.5 Å². The Labute approximate surface area is 375 Å². The van der Waals surface area contributed by atoms with E-state index in [1.165, 1.54) is 33.4 Å². The first-order chi connectivity index (χ1) is 31.5. The van der Waals surface area contributed by atoms with Gasteiger partial charge < -0.3 is 5.32 Å². The minimum absolute atomic E-state index is 0.334. The van der Waals surface area contributed by atoms with Gasteiger partial charge in [0, 0.05) is 16.5 Å². The van der Waals surface area contributed by atoms with Gasteiger partial charge in [-0.15, -0.1) is 0 Å². The highest BCUT2D eigenvalue weighted by Gasteiger charge is 2.41. The van der Waals surface area contributed by atoms with Gasteiger partial charge in [-0.2, -0.15) is 0 Å². The number of aliphatic imine (C=N–C) groups is 2. The van der Waals surface area contributed by atoms with E-state index in [0.29, 0.717) is 0 Å². The number of benzene rings is 9. The largest absolute Gasteiger partial charge is 0.324 e. The Kier molecular flexibility index (Phi) is 9.86. The van der Waals surface area contributed by atoms with Crippen LogP contribution in [-0.2, 0) is 5.41 Å². The van der Waals surface area contributed by atoms with Crippen molar-refractivity contribution in [1.82, 2.24) is 5.32 Å². The van der Waals surface area contributed by atoms with Crippen LogP contribution in [0.25, 0.3) is 61.7 Å². The number of amidine groups is 2. The molecule has 0 spiro atoms. The van der Waals surface area contributed by atoms with Gasteiger partial charge in [0.2, 0.25) is 0 Å². The van der Waals surface area contributed by atoms with Crippen LogP contribution in [0.1, 0.15) is 52.0 Å². The Hall–Kier alpha value is -8.14. The summed E-state index contributed by atoms with van der Waals surface area (Å²) in [5.74, 6) is 1.56. The van der Waals surface area contributed by atoms with Gasteiger partial charge in [0.1, 0.15) is 11.7 Å². The molecule has 3 heteroatoms. The van der Waals surface area contributed by atoms with Crippen LogP contribution < -0.4 is 5.32 Å². The molecular formula is C61H45N3. The lowest BCUT2D eigenvalue weighted by atomic mass is 9.71. The SMILES string of the molecule is C=Cc1ccc(-c2ccc(C3=NC(c4cc(-c5ccccc5)cc(-c5ccccc5)c4)N=C(c4ccccc4)N3)cc2)cc1-c1ccccc1C1(C)c2ccccc2-c2ccccc21. The second kappa shape index (κ2) is 16.3. The van der Waals surface area contributed by atoms with E-state index in [4.69, 9.17) is 9.98 Å². The highest BCUT2D eigenvalue weighted by molar-refractivity contribution is 6.16. The van der Waals surface area contributed by atoms with Gasteiger partial charge >= 0.3 is 0 Å². The van der Waals surface area contributed by atoms with Crippen LogP contribution in [0.4, 0.5) is 0 Å². The highest BCUT2D eigenvalue weighted by atomic mass is 15.2. The van der Waals surface area contributed by atoms with Crippen LogP contribution in [0.2, 0.25) is 0 Å². The number of hydrogen-bond donors (Lipinski definition) is 1. The number of hydrogen-bond acceptors (Lipinski definition) is 3. The summed E-state index contributed by atoms with van der Waals surface area (Å²) < 4.78 is 0. The van der Waals surface area contributed by atoms with Gasteiger partial charge in [-0.3, -0.25) is 0 Å². The van der Waals surface area contributed by atoms with Crippen molar-refractivity contribution >= 4 is 17.7 Å². The fraction of sp³-hybridized carbons (Fsp3) is 0.0492. The maximum absolute atomic E-state index is 5.34. The molecule has 1 atom stereocenters. The van der Waals surface area contributed by atoms with E-state index in [9.17, 15) is 0 Å². The zero-order valence-electron chi connectivity index (χ0n) is 35.6. The third-order valence-corrected chi connectivity index (χ3v) is 13.0. The molecule has 9 aromatic rings. The summed E-state index contributed by atoms with van der Waals surface area (Å²) in [5, 5.41) is 3.62. The van der Waals surface area contributed by atoms with E-state index in [0.717, 1.165) is 72.9 Å². The van der Waals surface area contributed by atoms with Crippen molar-refractivity contribution in [1.29, 1.82) is 0 Å². The molecule has 304 valence electrons. The van der Waals surface area contributed by atoms with Gasteiger partial charge in [0.05, 0.1) is 0 Å². The van der Waals surface area contributed by atoms with Gasteiger partial charge in [0.25, 0.3) is 0 Å². The third-order valence-electron chi connectivity index (χ3n) is 13.0. The molecule has 1 heterocycles. The Balaban J connectivity index is 0.978. The number of nitrogens with one attached hydrogen (secondary N) is 1. The molecule has 1 N–H and O–H groups in total. The van der Waals surface area contributed by atoms with Crippen LogP contribution in [-0.4, -0.2) is 11.7 Å². The lowest BCUT2D eigenvalue weighted by Crippen LogP contribution is -2.36. The van der Waals surface area contributed by atoms with Crippen molar-refractivity contribution in [3.05, 3.63) is 270 Å². The van der Waals surface area contributed by atoms with Crippen LogP contribution in [0.5, 0.6) is 0 Å². The van der Waals surface area contributed by atoms with Crippen LogP contribution >= 0.6 is 0 Å². The van der Waals surface area contributed by atoms with Gasteiger partial charge in [-0.05, 0) is 115 Å². The molecule has 1 aliphatic carbocycles. The fourth-order valence-corrected chi connectivity index (χ4v) is 9.75. The van der Waals surface area contributed by atoms with E-state index in [-0.39, 0.29) is 5.41 Å². The Morgan fingerprint density at radius 2 is 0.781 bits per heavy atom. The van der Waals surface area contributed by atoms with Crippen LogP contribution in [0.3, 0.4) is 0 Å². The monoisotopic (exact) mass is 819 g/mol. The van der Waals surface area contributed by atoms with Crippen LogP contribution in [0, 0.1) is 0 Å². The molecule has 64 heavy (non-hydrogen) atoms. The van der Waals surface area contributed by atoms with E-state index in [1.807, 2.05) is 12.1 Å². The molecule has 11 rings (SSSR count). The molecule has 0 fully saturated rings. The van der Waals surface area contributed by atoms with Crippen molar-refractivity contribution in [2.75, 3.05) is 0 Å². The summed E-state index contributed by atoms with van der Waals surface area (Å²) in [5.41, 5.74) is 19.5. The third kappa shape index (κ3) is 6.88. The Morgan fingerprint density at radius 3 is 1.28 bits per heavy atom. The van der Waals surface area contributed by atoms with Crippen molar-refractivity contribution in [3.8, 4) is 55.6 Å². The normalized spacial score (nSPS) is 14.7. The molecule has 0 saturated heterocycles. The van der Waals surface area contributed by atoms with Crippen molar-refractivity contribution in [3.63, 3.8) is 0 Å². The van der Waals surface area contributed by atoms with E-state index < -0.39 is 6.17 Å². The van der Waals surface area contributed by atoms with E-state index in [1.54, 1.807) is 0 Å². The van der Waals surface area contributed by atoms with Crippen LogP contribution in [0.15, 0.2) is 241 Å². The average molecular weight is 820 g/mol. The molecule has 2 aliphatic rings. The molecular weight excluding hydrogens is 775 g/mol. The summed E-state index contributed by atoms with van der Waals surface area (Å²) in [6.45, 7) is 6.65. The Morgan fingerprint density at radius 1 is 0.391 bits per heavy atom. The molecule has 0 radical (unpaired) electrons. The van der Waals surface area contributed by atoms with Gasteiger partial charge in [0.15, 0.2) is 6.17 Å². The maximum Gasteiger partial charge on any atom is 0.169 e. The Bertz CT molecular complexity index is 3150. The summed E-state index contributed by atoms with van der Waals surface area (Å²) in [6.07, 6.45) is 1.51. The minimum Gasteiger partial charge on any atom is -0.324 e. The number of fused-ring (bicyclic) bond motifs is 3. The van der Waals surface area contributed by atoms with Gasteiger partial charge in [-0.25, -0.2) is 9.98 Å². The second-order valence-corrected chi connectivity index (χ2v) is 16.7. The minimum atomic E-state index is -0.466. The fourth-order valence-electron chi connectivity index (χ4n) is 9.75. The summed E-state index contributed by atoms with van der Waals surface area (Å²) in [4.78, 5) is 10.6. The predicted molar refractivity (Wildman–Crippen MR) is 268 cm³/mol. The number of nitrogens with zero attached hydrogens (tertiary/aromatic N) is 2. The highest BCUT2D eigenvalue weighted by Crippen LogP contribution is 2.54. The lowest BCUT2D eigenvalue weighted by Gasteiger charge is -2.31. The van der Waals surface area contributed by atoms with Crippen molar-refractivity contribution in [2.24, 2.45) is 9.98 Å².